The summed E-state index contributed by atoms with van der Waals surface area (Å²) in [7, 11) is 0. The summed E-state index contributed by atoms with van der Waals surface area (Å²) in [6, 6.07) is 17.4. The molecule has 1 fully saturated rings. The number of rotatable bonds is 11. The molecule has 5 atom stereocenters. The second kappa shape index (κ2) is 14.8. The van der Waals surface area contributed by atoms with Crippen molar-refractivity contribution in [3.8, 4) is 17.2 Å². The van der Waals surface area contributed by atoms with Crippen LogP contribution in [0.15, 0.2) is 103 Å². The van der Waals surface area contributed by atoms with Crippen molar-refractivity contribution in [2.75, 3.05) is 6.54 Å². The molecule has 0 aliphatic heterocycles. The van der Waals surface area contributed by atoms with E-state index in [0.29, 0.717) is 10.9 Å². The minimum absolute atomic E-state index is 0.0288. The first-order valence-electron chi connectivity index (χ1n) is 15.4. The topological polar surface area (TPSA) is 61.0 Å². The molecule has 5 rings (SSSR count). The van der Waals surface area contributed by atoms with Gasteiger partial charge in [-0.1, -0.05) is 63.3 Å². The van der Waals surface area contributed by atoms with Crippen molar-refractivity contribution in [1.29, 1.82) is 0 Å². The van der Waals surface area contributed by atoms with Crippen LogP contribution in [0.1, 0.15) is 52.9 Å². The van der Waals surface area contributed by atoms with Crippen LogP contribution in [0.3, 0.4) is 0 Å². The van der Waals surface area contributed by atoms with Crippen molar-refractivity contribution in [3.63, 3.8) is 0 Å². The Morgan fingerprint density at radius 2 is 1.68 bits per heavy atom. The molecule has 234 valence electrons. The van der Waals surface area contributed by atoms with Gasteiger partial charge in [0.05, 0.1) is 6.10 Å². The van der Waals surface area contributed by atoms with Gasteiger partial charge in [0.25, 0.3) is 5.17 Å². The molecule has 0 saturated heterocycles. The molecule has 8 heteroatoms. The Hall–Kier alpha value is -3.04. The van der Waals surface area contributed by atoms with Crippen LogP contribution in [0.4, 0.5) is 0 Å². The molecule has 44 heavy (non-hydrogen) atoms. The van der Waals surface area contributed by atoms with Crippen LogP contribution >= 0.6 is 24.8 Å². The van der Waals surface area contributed by atoms with E-state index in [1.807, 2.05) is 72.8 Å². The van der Waals surface area contributed by atoms with E-state index in [1.165, 1.54) is 0 Å². The minimum atomic E-state index is -0.376. The van der Waals surface area contributed by atoms with Gasteiger partial charge in [0, 0.05) is 19.0 Å². The smallest absolute Gasteiger partial charge is 0.262 e. The second-order valence-electron chi connectivity index (χ2n) is 13.0. The Labute approximate surface area is 273 Å². The Balaban J connectivity index is 1.06. The summed E-state index contributed by atoms with van der Waals surface area (Å²) in [6.07, 6.45) is 19.2. The minimum Gasteiger partial charge on any atom is -0.486 e. The van der Waals surface area contributed by atoms with Gasteiger partial charge in [-0.3, -0.25) is 5.32 Å². The standard InChI is InChI=1S/C36H44N2O4S2/c1-35(2)22-26(38-34(44)42-32-20-16-30(17-21-32)40-28-12-8-5-9-13-28)23-36(3,24-35)25-37-33(43)41-31-18-14-29(15-19-31)39-27-10-6-4-7-11-27/h4-10,12-18,20-21,26-27,31,33,37,43H,11,19,22-25H2,1-3H3,(H,38,44). The van der Waals surface area contributed by atoms with Crippen molar-refractivity contribution >= 4 is 30.0 Å². The lowest BCUT2D eigenvalue weighted by Crippen LogP contribution is -2.51. The highest BCUT2D eigenvalue weighted by atomic mass is 32.1. The van der Waals surface area contributed by atoms with Gasteiger partial charge in [-0.05, 0) is 103 Å². The van der Waals surface area contributed by atoms with Crippen molar-refractivity contribution < 1.29 is 18.9 Å². The normalized spacial score (nSPS) is 26.4. The number of hydrogen-bond acceptors (Lipinski definition) is 7. The van der Waals surface area contributed by atoms with Gasteiger partial charge in [0.15, 0.2) is 5.56 Å². The first-order valence-corrected chi connectivity index (χ1v) is 16.3. The number of hydrogen-bond donors (Lipinski definition) is 3. The summed E-state index contributed by atoms with van der Waals surface area (Å²) in [5.74, 6) is 3.10. The molecule has 0 spiro atoms. The highest BCUT2D eigenvalue weighted by molar-refractivity contribution is 7.80. The first-order chi connectivity index (χ1) is 21.1. The highest BCUT2D eigenvalue weighted by Crippen LogP contribution is 2.46. The van der Waals surface area contributed by atoms with E-state index in [2.05, 4.69) is 55.7 Å². The molecule has 0 aromatic heterocycles. The molecule has 3 aliphatic carbocycles. The molecule has 0 bridgehead atoms. The summed E-state index contributed by atoms with van der Waals surface area (Å²) < 4.78 is 24.1. The highest BCUT2D eigenvalue weighted by Gasteiger charge is 2.41. The molecule has 0 amide bonds. The number of ether oxygens (including phenoxy) is 4. The zero-order chi connectivity index (χ0) is 31.0. The van der Waals surface area contributed by atoms with E-state index in [9.17, 15) is 0 Å². The Morgan fingerprint density at radius 3 is 2.39 bits per heavy atom. The van der Waals surface area contributed by atoms with Crippen LogP contribution in [0.25, 0.3) is 0 Å². The fourth-order valence-electron chi connectivity index (χ4n) is 6.51. The van der Waals surface area contributed by atoms with Gasteiger partial charge in [0.1, 0.15) is 29.1 Å². The summed E-state index contributed by atoms with van der Waals surface area (Å²) >= 11 is 10.3. The van der Waals surface area contributed by atoms with Crippen molar-refractivity contribution in [3.05, 3.63) is 103 Å². The van der Waals surface area contributed by atoms with Gasteiger partial charge in [0.2, 0.25) is 0 Å². The second-order valence-corrected chi connectivity index (χ2v) is 13.8. The van der Waals surface area contributed by atoms with Crippen LogP contribution in [0.5, 0.6) is 17.2 Å². The molecular formula is C36H44N2O4S2. The van der Waals surface area contributed by atoms with E-state index < -0.39 is 0 Å². The molecule has 2 aromatic rings. The monoisotopic (exact) mass is 632 g/mol. The molecule has 1 saturated carbocycles. The van der Waals surface area contributed by atoms with E-state index in [0.717, 1.165) is 55.9 Å². The SMILES string of the molecule is CC1(C)CC(NC(=S)Oc2ccc(Oc3ccccc3)cc2)CC(C)(CNC(S)OC2C=CC(OC3C=CC=CC3)=CC2)C1. The maximum atomic E-state index is 6.19. The summed E-state index contributed by atoms with van der Waals surface area (Å²) in [4.78, 5) is 0. The average Bonchev–Trinajstić information content (AvgIpc) is 2.98. The van der Waals surface area contributed by atoms with E-state index in [-0.39, 0.29) is 34.6 Å². The van der Waals surface area contributed by atoms with Crippen LogP contribution in [-0.4, -0.2) is 35.5 Å². The Kier molecular flexibility index (Phi) is 10.9. The number of nitrogens with one attached hydrogen (secondary N) is 2. The van der Waals surface area contributed by atoms with Gasteiger partial charge < -0.3 is 24.3 Å². The lowest BCUT2D eigenvalue weighted by atomic mass is 9.62. The van der Waals surface area contributed by atoms with Crippen molar-refractivity contribution in [1.82, 2.24) is 10.6 Å². The summed E-state index contributed by atoms with van der Waals surface area (Å²) in [5, 5.41) is 7.39. The number of para-hydroxylation sites is 1. The van der Waals surface area contributed by atoms with Crippen LogP contribution in [-0.2, 0) is 9.47 Å². The third-order valence-electron chi connectivity index (χ3n) is 8.04. The van der Waals surface area contributed by atoms with Crippen LogP contribution in [0, 0.1) is 10.8 Å². The lowest BCUT2D eigenvalue weighted by Gasteiger charge is -2.47. The van der Waals surface area contributed by atoms with E-state index >= 15 is 0 Å². The predicted octanol–water partition coefficient (Wildman–Crippen LogP) is 8.25. The average molecular weight is 633 g/mol. The zero-order valence-electron chi connectivity index (χ0n) is 25.8. The van der Waals surface area contributed by atoms with Gasteiger partial charge >= 0.3 is 0 Å². The third kappa shape index (κ3) is 9.99. The molecule has 5 unspecified atom stereocenters. The predicted molar refractivity (Wildman–Crippen MR) is 184 cm³/mol. The number of benzene rings is 2. The fraction of sp³-hybridized carbons (Fsp3) is 0.417. The van der Waals surface area contributed by atoms with Crippen LogP contribution in [0.2, 0.25) is 0 Å². The molecule has 0 heterocycles. The van der Waals surface area contributed by atoms with E-state index in [4.69, 9.17) is 43.8 Å². The molecule has 2 N–H and O–H groups in total. The van der Waals surface area contributed by atoms with E-state index in [1.54, 1.807) is 0 Å². The van der Waals surface area contributed by atoms with Crippen LogP contribution < -0.4 is 20.1 Å². The van der Waals surface area contributed by atoms with Gasteiger partial charge in [-0.2, -0.15) is 0 Å². The molecule has 0 radical (unpaired) electrons. The number of thiocarbonyl (C=S) groups is 1. The number of thiol groups is 1. The lowest BCUT2D eigenvalue weighted by molar-refractivity contribution is 0.0244. The molecular weight excluding hydrogens is 589 g/mol. The molecule has 6 nitrogen and oxygen atoms in total. The van der Waals surface area contributed by atoms with Gasteiger partial charge in [-0.25, -0.2) is 0 Å². The van der Waals surface area contributed by atoms with Crippen molar-refractivity contribution in [2.24, 2.45) is 10.8 Å². The first kappa shape index (κ1) is 32.4. The van der Waals surface area contributed by atoms with Gasteiger partial charge in [-0.15, -0.1) is 12.6 Å². The third-order valence-corrected chi connectivity index (χ3v) is 8.55. The molecule has 3 aliphatic rings. The largest absolute Gasteiger partial charge is 0.486 e. The maximum absolute atomic E-state index is 6.19. The summed E-state index contributed by atoms with van der Waals surface area (Å²) in [5.41, 5.74) is -0.207. The summed E-state index contributed by atoms with van der Waals surface area (Å²) in [6.45, 7) is 7.75. The molecule has 2 aromatic carbocycles. The zero-order valence-corrected chi connectivity index (χ0v) is 27.5. The Morgan fingerprint density at radius 1 is 0.932 bits per heavy atom. The Bertz CT molecular complexity index is 1370. The van der Waals surface area contributed by atoms with Crippen molar-refractivity contribution in [2.45, 2.75) is 76.7 Å². The maximum Gasteiger partial charge on any atom is 0.262 e. The quantitative estimate of drug-likeness (QED) is 0.131. The fourth-order valence-corrected chi connectivity index (χ4v) is 7.02. The number of allylic oxidation sites excluding steroid dienone is 3.